The van der Waals surface area contributed by atoms with Crippen LogP contribution in [0.1, 0.15) is 87.5 Å². The summed E-state index contributed by atoms with van der Waals surface area (Å²) in [4.78, 5) is 12.7. The number of hydrogen-bond acceptors (Lipinski definition) is 2. The standard InChI is InChI=1S/C23H36O2/c1-14(2)17(5)20-15(3)13-22(8)16(4)9-10-18-21(6,7)19(24)11-12-23(18,22)25-20/h16,18H,9-13H2,1-8H3. The van der Waals surface area contributed by atoms with E-state index in [4.69, 9.17) is 4.74 Å². The fraction of sp³-hybridized carbons (Fsp3) is 0.783. The van der Waals surface area contributed by atoms with Gasteiger partial charge in [-0.15, -0.1) is 0 Å². The van der Waals surface area contributed by atoms with Crippen LogP contribution in [0.25, 0.3) is 0 Å². The average Bonchev–Trinajstić information content (AvgIpc) is 2.52. The molecule has 0 amide bonds. The zero-order valence-electron chi connectivity index (χ0n) is 17.5. The summed E-state index contributed by atoms with van der Waals surface area (Å²) in [6.07, 6.45) is 4.94. The van der Waals surface area contributed by atoms with Crippen LogP contribution in [0, 0.1) is 22.7 Å². The van der Waals surface area contributed by atoms with Gasteiger partial charge in [-0.2, -0.15) is 0 Å². The first-order valence-corrected chi connectivity index (χ1v) is 10.0. The molecule has 4 unspecified atom stereocenters. The van der Waals surface area contributed by atoms with Gasteiger partial charge in [0.15, 0.2) is 0 Å². The molecule has 0 saturated heterocycles. The molecule has 2 fully saturated rings. The number of ketones is 1. The van der Waals surface area contributed by atoms with Gasteiger partial charge in [-0.25, -0.2) is 0 Å². The molecule has 0 radical (unpaired) electrons. The van der Waals surface area contributed by atoms with Crippen LogP contribution in [0.15, 0.2) is 22.5 Å². The van der Waals surface area contributed by atoms with Gasteiger partial charge >= 0.3 is 0 Å². The summed E-state index contributed by atoms with van der Waals surface area (Å²) in [6.45, 7) is 17.9. The molecule has 0 bridgehead atoms. The summed E-state index contributed by atoms with van der Waals surface area (Å²) in [5.74, 6) is 2.48. The van der Waals surface area contributed by atoms with Crippen molar-refractivity contribution in [1.82, 2.24) is 0 Å². The Morgan fingerprint density at radius 3 is 2.36 bits per heavy atom. The summed E-state index contributed by atoms with van der Waals surface area (Å²) < 4.78 is 7.04. The lowest BCUT2D eigenvalue weighted by molar-refractivity contribution is -0.231. The molecule has 1 heterocycles. The molecule has 0 aromatic heterocycles. The van der Waals surface area contributed by atoms with E-state index in [0.29, 0.717) is 24.0 Å². The Morgan fingerprint density at radius 1 is 1.12 bits per heavy atom. The molecule has 0 aromatic carbocycles. The van der Waals surface area contributed by atoms with E-state index in [1.165, 1.54) is 23.1 Å². The Bertz CT molecular complexity index is 662. The van der Waals surface area contributed by atoms with Crippen molar-refractivity contribution in [1.29, 1.82) is 0 Å². The van der Waals surface area contributed by atoms with E-state index in [1.54, 1.807) is 0 Å². The maximum absolute atomic E-state index is 12.7. The van der Waals surface area contributed by atoms with Crippen molar-refractivity contribution in [3.05, 3.63) is 22.5 Å². The topological polar surface area (TPSA) is 26.3 Å². The molecule has 3 aliphatic rings. The lowest BCUT2D eigenvalue weighted by Crippen LogP contribution is -2.67. The molecule has 0 N–H and O–H groups in total. The average molecular weight is 345 g/mol. The van der Waals surface area contributed by atoms with Crippen LogP contribution in [-0.4, -0.2) is 11.4 Å². The highest BCUT2D eigenvalue weighted by Crippen LogP contribution is 2.66. The second-order valence-corrected chi connectivity index (χ2v) is 10.00. The summed E-state index contributed by atoms with van der Waals surface area (Å²) in [5, 5.41) is 0. The van der Waals surface area contributed by atoms with Crippen LogP contribution in [-0.2, 0) is 9.53 Å². The van der Waals surface area contributed by atoms with Crippen LogP contribution in [0.2, 0.25) is 0 Å². The van der Waals surface area contributed by atoms with E-state index in [2.05, 4.69) is 55.4 Å². The van der Waals surface area contributed by atoms with Gasteiger partial charge in [0.25, 0.3) is 0 Å². The predicted molar refractivity (Wildman–Crippen MR) is 103 cm³/mol. The number of carbonyl (C=O) groups is 1. The van der Waals surface area contributed by atoms with Gasteiger partial charge in [0.2, 0.25) is 0 Å². The molecule has 0 aromatic rings. The van der Waals surface area contributed by atoms with Crippen molar-refractivity contribution in [2.75, 3.05) is 0 Å². The maximum Gasteiger partial charge on any atom is 0.139 e. The summed E-state index contributed by atoms with van der Waals surface area (Å²) in [7, 11) is 0. The molecule has 1 aliphatic heterocycles. The lowest BCUT2D eigenvalue weighted by Gasteiger charge is -2.65. The van der Waals surface area contributed by atoms with Crippen LogP contribution in [0.3, 0.4) is 0 Å². The summed E-state index contributed by atoms with van der Waals surface area (Å²) in [6, 6.07) is 0. The Balaban J connectivity index is 2.19. The summed E-state index contributed by atoms with van der Waals surface area (Å²) in [5.41, 5.74) is 3.61. The number of allylic oxidation sites excluding steroid dienone is 3. The minimum Gasteiger partial charge on any atom is -0.486 e. The van der Waals surface area contributed by atoms with Crippen molar-refractivity contribution in [3.63, 3.8) is 0 Å². The zero-order chi connectivity index (χ0) is 18.8. The van der Waals surface area contributed by atoms with Gasteiger partial charge in [-0.3, -0.25) is 4.79 Å². The second kappa shape index (κ2) is 5.72. The highest BCUT2D eigenvalue weighted by Gasteiger charge is 2.67. The highest BCUT2D eigenvalue weighted by molar-refractivity contribution is 5.85. The lowest BCUT2D eigenvalue weighted by atomic mass is 9.44. The summed E-state index contributed by atoms with van der Waals surface area (Å²) >= 11 is 0. The first-order valence-electron chi connectivity index (χ1n) is 10.0. The van der Waals surface area contributed by atoms with E-state index >= 15 is 0 Å². The number of Topliss-reactive ketones (excluding diaryl/α,β-unsaturated/α-hetero) is 1. The molecular weight excluding hydrogens is 308 g/mol. The number of carbonyl (C=O) groups excluding carboxylic acids is 1. The first-order chi connectivity index (χ1) is 11.5. The molecule has 2 aliphatic carbocycles. The molecule has 2 saturated carbocycles. The highest BCUT2D eigenvalue weighted by atomic mass is 16.5. The molecule has 4 atom stereocenters. The van der Waals surface area contributed by atoms with Gasteiger partial charge in [0.1, 0.15) is 17.1 Å². The predicted octanol–water partition coefficient (Wildman–Crippen LogP) is 6.22. The molecule has 2 heteroatoms. The van der Waals surface area contributed by atoms with E-state index < -0.39 is 0 Å². The van der Waals surface area contributed by atoms with Crippen molar-refractivity contribution in [2.45, 2.75) is 93.1 Å². The third-order valence-electron chi connectivity index (χ3n) is 8.21. The number of rotatable bonds is 1. The third-order valence-corrected chi connectivity index (χ3v) is 8.21. The first kappa shape index (κ1) is 18.7. The van der Waals surface area contributed by atoms with Gasteiger partial charge in [-0.05, 0) is 70.4 Å². The van der Waals surface area contributed by atoms with E-state index in [0.717, 1.165) is 25.0 Å². The Hall–Kier alpha value is -1.05. The van der Waals surface area contributed by atoms with E-state index in [1.807, 2.05) is 0 Å². The normalized spacial score (nSPS) is 40.1. The Morgan fingerprint density at radius 2 is 1.76 bits per heavy atom. The fourth-order valence-electron chi connectivity index (χ4n) is 6.09. The quantitative estimate of drug-likeness (QED) is 0.564. The maximum atomic E-state index is 12.7. The minimum absolute atomic E-state index is 0.114. The van der Waals surface area contributed by atoms with Crippen LogP contribution >= 0.6 is 0 Å². The molecular formula is C23H36O2. The van der Waals surface area contributed by atoms with Crippen molar-refractivity contribution in [2.24, 2.45) is 22.7 Å². The zero-order valence-corrected chi connectivity index (χ0v) is 17.5. The fourth-order valence-corrected chi connectivity index (χ4v) is 6.09. The van der Waals surface area contributed by atoms with Gasteiger partial charge in [0.05, 0.1) is 0 Å². The van der Waals surface area contributed by atoms with Crippen molar-refractivity contribution >= 4 is 5.78 Å². The SMILES string of the molecule is CC(C)=C(C)C1=C(C)CC2(C)C(C)CCC3C(C)(C)C(=O)CCC32O1. The van der Waals surface area contributed by atoms with Gasteiger partial charge in [-0.1, -0.05) is 33.3 Å². The van der Waals surface area contributed by atoms with E-state index in [-0.39, 0.29) is 16.4 Å². The Labute approximate surface area is 154 Å². The second-order valence-electron chi connectivity index (χ2n) is 10.00. The van der Waals surface area contributed by atoms with Crippen LogP contribution < -0.4 is 0 Å². The Kier molecular flexibility index (Phi) is 4.29. The number of hydrogen-bond donors (Lipinski definition) is 0. The van der Waals surface area contributed by atoms with Crippen LogP contribution in [0.5, 0.6) is 0 Å². The number of ether oxygens (including phenoxy) is 1. The molecule has 3 rings (SSSR count). The smallest absolute Gasteiger partial charge is 0.139 e. The van der Waals surface area contributed by atoms with E-state index in [9.17, 15) is 4.79 Å². The molecule has 1 spiro atoms. The van der Waals surface area contributed by atoms with Crippen molar-refractivity contribution in [3.8, 4) is 0 Å². The van der Waals surface area contributed by atoms with Gasteiger partial charge < -0.3 is 4.74 Å². The van der Waals surface area contributed by atoms with Crippen molar-refractivity contribution < 1.29 is 9.53 Å². The molecule has 2 nitrogen and oxygen atoms in total. The largest absolute Gasteiger partial charge is 0.486 e. The minimum atomic E-state index is -0.283. The van der Waals surface area contributed by atoms with Gasteiger partial charge in [0, 0.05) is 23.2 Å². The monoisotopic (exact) mass is 344 g/mol. The van der Waals surface area contributed by atoms with Crippen LogP contribution in [0.4, 0.5) is 0 Å². The molecule has 25 heavy (non-hydrogen) atoms. The third kappa shape index (κ3) is 2.39. The molecule has 140 valence electrons.